The molecule has 0 atom stereocenters. The van der Waals surface area contributed by atoms with E-state index < -0.39 is 0 Å². The summed E-state index contributed by atoms with van der Waals surface area (Å²) < 4.78 is 0. The molecule has 0 saturated heterocycles. The van der Waals surface area contributed by atoms with E-state index in [-0.39, 0.29) is 11.9 Å². The summed E-state index contributed by atoms with van der Waals surface area (Å²) in [5.74, 6) is 0.0509. The minimum atomic E-state index is -0.0716. The molecule has 18 heavy (non-hydrogen) atoms. The van der Waals surface area contributed by atoms with Crippen molar-refractivity contribution in [1.82, 2.24) is 0 Å². The van der Waals surface area contributed by atoms with E-state index in [4.69, 9.17) is 17.2 Å². The molecule has 0 aliphatic rings. The Bertz CT molecular complexity index is 408. The minimum Gasteiger partial charge on any atom is -0.375 e. The number of nitrogens with zero attached hydrogens (tertiary/aromatic N) is 3. The van der Waals surface area contributed by atoms with Crippen LogP contribution in [0.5, 0.6) is 0 Å². The Balaban J connectivity index is 2.32. The van der Waals surface area contributed by atoms with E-state index in [1.54, 1.807) is 0 Å². The maximum atomic E-state index is 5.49. The molecule has 0 amide bonds. The maximum Gasteiger partial charge on any atom is 0.218 e. The van der Waals surface area contributed by atoms with E-state index in [1.807, 2.05) is 25.2 Å². The van der Waals surface area contributed by atoms with Crippen LogP contribution >= 0.6 is 0 Å². The number of hydrogen-bond donors (Lipinski definition) is 3. The van der Waals surface area contributed by atoms with Crippen molar-refractivity contribution in [3.05, 3.63) is 30.3 Å². The molecule has 0 heterocycles. The second kappa shape index (κ2) is 7.16. The number of anilines is 1. The SMILES string of the molecule is CN(CCCN=C(N)N=C(N)N)c1ccccc1. The summed E-state index contributed by atoms with van der Waals surface area (Å²) in [6.45, 7) is 1.49. The van der Waals surface area contributed by atoms with Crippen molar-refractivity contribution in [2.75, 3.05) is 25.0 Å². The molecular weight excluding hydrogens is 228 g/mol. The molecule has 1 aromatic rings. The van der Waals surface area contributed by atoms with Crippen LogP contribution in [0.4, 0.5) is 5.69 Å². The first-order valence-corrected chi connectivity index (χ1v) is 5.75. The molecule has 0 bridgehead atoms. The lowest BCUT2D eigenvalue weighted by atomic mass is 10.3. The average molecular weight is 248 g/mol. The van der Waals surface area contributed by atoms with Crippen molar-refractivity contribution < 1.29 is 0 Å². The van der Waals surface area contributed by atoms with Gasteiger partial charge in [0.15, 0.2) is 5.96 Å². The van der Waals surface area contributed by atoms with E-state index in [9.17, 15) is 0 Å². The zero-order chi connectivity index (χ0) is 13.4. The van der Waals surface area contributed by atoms with Gasteiger partial charge in [-0.2, -0.15) is 4.99 Å². The normalized spacial score (nSPS) is 11.1. The highest BCUT2D eigenvalue weighted by atomic mass is 15.1. The van der Waals surface area contributed by atoms with Gasteiger partial charge in [0, 0.05) is 25.8 Å². The largest absolute Gasteiger partial charge is 0.375 e. The first-order chi connectivity index (χ1) is 8.59. The predicted octanol–water partition coefficient (Wildman–Crippen LogP) is 0.101. The topological polar surface area (TPSA) is 106 Å². The zero-order valence-electron chi connectivity index (χ0n) is 10.6. The smallest absolute Gasteiger partial charge is 0.218 e. The van der Waals surface area contributed by atoms with Crippen LogP contribution < -0.4 is 22.1 Å². The Hall–Kier alpha value is -2.24. The van der Waals surface area contributed by atoms with Gasteiger partial charge < -0.3 is 22.1 Å². The van der Waals surface area contributed by atoms with E-state index >= 15 is 0 Å². The highest BCUT2D eigenvalue weighted by molar-refractivity contribution is 5.92. The standard InChI is InChI=1S/C12H20N6/c1-18(10-6-3-2-4-7-10)9-5-8-16-12(15)17-11(13)14/h2-4,6-7H,5,8-9H2,1H3,(H6,13,14,15,16,17). The lowest BCUT2D eigenvalue weighted by Crippen LogP contribution is -2.26. The Morgan fingerprint density at radius 2 is 1.83 bits per heavy atom. The lowest BCUT2D eigenvalue weighted by molar-refractivity contribution is 0.795. The third-order valence-electron chi connectivity index (χ3n) is 2.37. The summed E-state index contributed by atoms with van der Waals surface area (Å²) in [5, 5.41) is 0. The third kappa shape index (κ3) is 5.20. The van der Waals surface area contributed by atoms with Crippen molar-refractivity contribution in [2.24, 2.45) is 27.2 Å². The monoisotopic (exact) mass is 248 g/mol. The summed E-state index contributed by atoms with van der Waals surface area (Å²) in [6, 6.07) is 10.2. The minimum absolute atomic E-state index is 0.0716. The first kappa shape index (κ1) is 13.8. The molecule has 0 aliphatic carbocycles. The van der Waals surface area contributed by atoms with Crippen LogP contribution in [0.2, 0.25) is 0 Å². The van der Waals surface area contributed by atoms with Crippen LogP contribution in [-0.4, -0.2) is 32.1 Å². The van der Waals surface area contributed by atoms with E-state index in [2.05, 4.69) is 27.0 Å². The molecule has 6 N–H and O–H groups in total. The van der Waals surface area contributed by atoms with E-state index in [0.29, 0.717) is 6.54 Å². The number of aliphatic imine (C=N–C) groups is 2. The van der Waals surface area contributed by atoms with Crippen molar-refractivity contribution >= 4 is 17.6 Å². The number of para-hydroxylation sites is 1. The second-order valence-corrected chi connectivity index (χ2v) is 3.89. The Morgan fingerprint density at radius 3 is 2.44 bits per heavy atom. The van der Waals surface area contributed by atoms with Gasteiger partial charge in [0.05, 0.1) is 0 Å². The van der Waals surface area contributed by atoms with Gasteiger partial charge in [-0.3, -0.25) is 4.99 Å². The quantitative estimate of drug-likeness (QED) is 0.390. The van der Waals surface area contributed by atoms with Crippen LogP contribution in [0, 0.1) is 0 Å². The van der Waals surface area contributed by atoms with Crippen molar-refractivity contribution in [3.63, 3.8) is 0 Å². The van der Waals surface area contributed by atoms with E-state index in [0.717, 1.165) is 13.0 Å². The third-order valence-corrected chi connectivity index (χ3v) is 2.37. The number of guanidine groups is 2. The maximum absolute atomic E-state index is 5.49. The fourth-order valence-electron chi connectivity index (χ4n) is 1.48. The molecule has 0 unspecified atom stereocenters. The highest BCUT2D eigenvalue weighted by Crippen LogP contribution is 2.10. The number of rotatable bonds is 5. The number of nitrogens with two attached hydrogens (primary N) is 3. The predicted molar refractivity (Wildman–Crippen MR) is 76.6 cm³/mol. The molecule has 1 rings (SSSR count). The van der Waals surface area contributed by atoms with Crippen molar-refractivity contribution in [2.45, 2.75) is 6.42 Å². The van der Waals surface area contributed by atoms with Crippen molar-refractivity contribution in [1.29, 1.82) is 0 Å². The summed E-state index contributed by atoms with van der Waals surface area (Å²) >= 11 is 0. The van der Waals surface area contributed by atoms with Gasteiger partial charge in [0.25, 0.3) is 0 Å². The molecule has 0 saturated carbocycles. The number of hydrogen-bond acceptors (Lipinski definition) is 2. The Labute approximate surface area is 107 Å². The van der Waals surface area contributed by atoms with Gasteiger partial charge in [-0.05, 0) is 18.6 Å². The molecule has 0 spiro atoms. The molecule has 6 nitrogen and oxygen atoms in total. The first-order valence-electron chi connectivity index (χ1n) is 5.75. The summed E-state index contributed by atoms with van der Waals surface area (Å²) in [6.07, 6.45) is 0.881. The Kier molecular flexibility index (Phi) is 5.50. The van der Waals surface area contributed by atoms with Crippen LogP contribution in [0.1, 0.15) is 6.42 Å². The average Bonchev–Trinajstić information content (AvgIpc) is 2.34. The second-order valence-electron chi connectivity index (χ2n) is 3.89. The van der Waals surface area contributed by atoms with Crippen LogP contribution in [0.25, 0.3) is 0 Å². The van der Waals surface area contributed by atoms with Gasteiger partial charge in [-0.1, -0.05) is 18.2 Å². The number of benzene rings is 1. The van der Waals surface area contributed by atoms with Gasteiger partial charge in [0.1, 0.15) is 0 Å². The fourth-order valence-corrected chi connectivity index (χ4v) is 1.48. The Morgan fingerprint density at radius 1 is 1.17 bits per heavy atom. The van der Waals surface area contributed by atoms with Crippen LogP contribution in [-0.2, 0) is 0 Å². The molecule has 1 aromatic carbocycles. The van der Waals surface area contributed by atoms with Gasteiger partial charge in [-0.15, -0.1) is 0 Å². The van der Waals surface area contributed by atoms with Gasteiger partial charge in [0.2, 0.25) is 5.96 Å². The highest BCUT2D eigenvalue weighted by Gasteiger charge is 1.98. The molecule has 0 aromatic heterocycles. The van der Waals surface area contributed by atoms with E-state index in [1.165, 1.54) is 5.69 Å². The molecule has 0 aliphatic heterocycles. The van der Waals surface area contributed by atoms with Crippen molar-refractivity contribution in [3.8, 4) is 0 Å². The van der Waals surface area contributed by atoms with Crippen LogP contribution in [0.3, 0.4) is 0 Å². The summed E-state index contributed by atoms with van der Waals surface area (Å²) in [7, 11) is 2.04. The zero-order valence-corrected chi connectivity index (χ0v) is 10.6. The van der Waals surface area contributed by atoms with Gasteiger partial charge in [-0.25, -0.2) is 0 Å². The molecular formula is C12H20N6. The molecule has 0 radical (unpaired) electrons. The molecule has 98 valence electrons. The van der Waals surface area contributed by atoms with Crippen LogP contribution in [0.15, 0.2) is 40.3 Å². The lowest BCUT2D eigenvalue weighted by Gasteiger charge is -2.18. The molecule has 6 heteroatoms. The fraction of sp³-hybridized carbons (Fsp3) is 0.333. The summed E-state index contributed by atoms with van der Waals surface area (Å²) in [5.41, 5.74) is 17.0. The molecule has 0 fully saturated rings. The summed E-state index contributed by atoms with van der Waals surface area (Å²) in [4.78, 5) is 9.85. The van der Waals surface area contributed by atoms with Gasteiger partial charge >= 0.3 is 0 Å².